The van der Waals surface area contributed by atoms with Gasteiger partial charge < -0.3 is 10.1 Å². The molecule has 1 fully saturated rings. The molecule has 1 rings (SSSR count). The maximum atomic E-state index is 10.9. The summed E-state index contributed by atoms with van der Waals surface area (Å²) in [6.45, 7) is 3.47. The van der Waals surface area contributed by atoms with E-state index in [4.69, 9.17) is 4.74 Å². The zero-order valence-corrected chi connectivity index (χ0v) is 8.00. The van der Waals surface area contributed by atoms with E-state index < -0.39 is 0 Å². The molecular formula is C9H15NO3. The highest BCUT2D eigenvalue weighted by molar-refractivity contribution is 5.77. The summed E-state index contributed by atoms with van der Waals surface area (Å²) in [6.07, 6.45) is 1.95. The van der Waals surface area contributed by atoms with Crippen molar-refractivity contribution in [3.05, 3.63) is 0 Å². The molecular weight excluding hydrogens is 170 g/mol. The fourth-order valence-corrected chi connectivity index (χ4v) is 1.56. The molecule has 0 aromatic heterocycles. The van der Waals surface area contributed by atoms with Crippen LogP contribution in [0.1, 0.15) is 33.1 Å². The van der Waals surface area contributed by atoms with E-state index in [1.54, 1.807) is 0 Å². The summed E-state index contributed by atoms with van der Waals surface area (Å²) in [6, 6.07) is -0.120. The molecule has 0 aliphatic carbocycles. The highest BCUT2D eigenvalue weighted by atomic mass is 16.6. The van der Waals surface area contributed by atoms with Crippen LogP contribution in [0, 0.1) is 0 Å². The molecule has 1 saturated heterocycles. The fraction of sp³-hybridized carbons (Fsp3) is 0.778. The van der Waals surface area contributed by atoms with Crippen LogP contribution in [0.2, 0.25) is 0 Å². The van der Waals surface area contributed by atoms with Crippen molar-refractivity contribution in [2.24, 2.45) is 0 Å². The second-order valence-electron chi connectivity index (χ2n) is 3.33. The minimum absolute atomic E-state index is 0.107. The lowest BCUT2D eigenvalue weighted by Crippen LogP contribution is -2.39. The van der Waals surface area contributed by atoms with E-state index >= 15 is 0 Å². The zero-order chi connectivity index (χ0) is 9.84. The number of hydrogen-bond donors (Lipinski definition) is 1. The largest absolute Gasteiger partial charge is 0.460 e. The molecule has 0 unspecified atom stereocenters. The van der Waals surface area contributed by atoms with Crippen LogP contribution in [0.15, 0.2) is 0 Å². The number of amides is 1. The molecule has 1 aliphatic rings. The van der Waals surface area contributed by atoms with Gasteiger partial charge in [0.05, 0.1) is 12.5 Å². The molecule has 0 radical (unpaired) electrons. The molecule has 2 atom stereocenters. The molecule has 0 spiro atoms. The quantitative estimate of drug-likeness (QED) is 0.655. The second-order valence-corrected chi connectivity index (χ2v) is 3.33. The highest BCUT2D eigenvalue weighted by Crippen LogP contribution is 2.19. The van der Waals surface area contributed by atoms with Crippen LogP contribution in [0.4, 0.5) is 0 Å². The van der Waals surface area contributed by atoms with Gasteiger partial charge in [-0.25, -0.2) is 0 Å². The Hall–Kier alpha value is -1.06. The average Bonchev–Trinajstić information content (AvgIpc) is 2.31. The fourth-order valence-electron chi connectivity index (χ4n) is 1.56. The minimum atomic E-state index is -0.211. The van der Waals surface area contributed by atoms with E-state index in [0.717, 1.165) is 12.8 Å². The number of carbonyl (C=O) groups is 2. The first kappa shape index (κ1) is 10.0. The van der Waals surface area contributed by atoms with E-state index in [0.29, 0.717) is 6.42 Å². The Balaban J connectivity index is 2.49. The van der Waals surface area contributed by atoms with Gasteiger partial charge >= 0.3 is 5.97 Å². The zero-order valence-electron chi connectivity index (χ0n) is 8.00. The van der Waals surface area contributed by atoms with Crippen molar-refractivity contribution < 1.29 is 14.3 Å². The average molecular weight is 185 g/mol. The molecule has 0 bridgehead atoms. The van der Waals surface area contributed by atoms with E-state index in [1.165, 1.54) is 6.92 Å². The van der Waals surface area contributed by atoms with Crippen LogP contribution in [0.25, 0.3) is 0 Å². The first-order valence-electron chi connectivity index (χ1n) is 4.60. The van der Waals surface area contributed by atoms with Gasteiger partial charge in [0, 0.05) is 6.92 Å². The first-order valence-corrected chi connectivity index (χ1v) is 4.60. The van der Waals surface area contributed by atoms with Crippen molar-refractivity contribution in [1.29, 1.82) is 0 Å². The maximum absolute atomic E-state index is 10.9. The van der Waals surface area contributed by atoms with Gasteiger partial charge in [0.2, 0.25) is 5.91 Å². The van der Waals surface area contributed by atoms with E-state index in [-0.39, 0.29) is 24.0 Å². The molecule has 1 amide bonds. The van der Waals surface area contributed by atoms with Crippen molar-refractivity contribution in [2.75, 3.05) is 0 Å². The molecule has 0 saturated carbocycles. The number of nitrogens with one attached hydrogen (secondary N) is 1. The van der Waals surface area contributed by atoms with Gasteiger partial charge in [-0.1, -0.05) is 13.3 Å². The third-order valence-electron chi connectivity index (χ3n) is 2.08. The third-order valence-corrected chi connectivity index (χ3v) is 2.08. The van der Waals surface area contributed by atoms with Gasteiger partial charge in [-0.15, -0.1) is 0 Å². The Morgan fingerprint density at radius 3 is 2.92 bits per heavy atom. The summed E-state index contributed by atoms with van der Waals surface area (Å²) in [5.41, 5.74) is 0. The second kappa shape index (κ2) is 4.25. The first-order chi connectivity index (χ1) is 6.13. The lowest BCUT2D eigenvalue weighted by atomic mass is 10.1. The van der Waals surface area contributed by atoms with Crippen molar-refractivity contribution in [2.45, 2.75) is 45.3 Å². The molecule has 1 heterocycles. The number of esters is 1. The van der Waals surface area contributed by atoms with Crippen molar-refractivity contribution >= 4 is 11.9 Å². The summed E-state index contributed by atoms with van der Waals surface area (Å²) >= 11 is 0. The summed E-state index contributed by atoms with van der Waals surface area (Å²) in [5, 5.41) is 2.72. The Morgan fingerprint density at radius 1 is 1.69 bits per heavy atom. The Morgan fingerprint density at radius 2 is 2.38 bits per heavy atom. The smallest absolute Gasteiger partial charge is 0.308 e. The van der Waals surface area contributed by atoms with Gasteiger partial charge in [0.25, 0.3) is 0 Å². The van der Waals surface area contributed by atoms with E-state index in [2.05, 4.69) is 5.32 Å². The van der Waals surface area contributed by atoms with Crippen LogP contribution < -0.4 is 5.32 Å². The molecule has 0 aromatic carbocycles. The number of ether oxygens (including phenoxy) is 1. The molecule has 1 N–H and O–H groups in total. The van der Waals surface area contributed by atoms with Crippen molar-refractivity contribution in [1.82, 2.24) is 5.32 Å². The summed E-state index contributed by atoms with van der Waals surface area (Å²) in [5.74, 6) is -0.318. The topological polar surface area (TPSA) is 55.4 Å². The lowest BCUT2D eigenvalue weighted by molar-refractivity contribution is -0.141. The lowest BCUT2D eigenvalue weighted by Gasteiger charge is -2.16. The van der Waals surface area contributed by atoms with Crippen molar-refractivity contribution in [3.8, 4) is 0 Å². The summed E-state index contributed by atoms with van der Waals surface area (Å²) < 4.78 is 5.06. The van der Waals surface area contributed by atoms with Crippen LogP contribution in [0.3, 0.4) is 0 Å². The predicted octanol–water partition coefficient (Wildman–Crippen LogP) is 0.607. The highest BCUT2D eigenvalue weighted by Gasteiger charge is 2.34. The molecule has 13 heavy (non-hydrogen) atoms. The monoisotopic (exact) mass is 185 g/mol. The van der Waals surface area contributed by atoms with Crippen LogP contribution in [0.5, 0.6) is 0 Å². The number of cyclic esters (lactones) is 1. The molecule has 4 nitrogen and oxygen atoms in total. The van der Waals surface area contributed by atoms with Crippen LogP contribution >= 0.6 is 0 Å². The molecule has 0 aromatic rings. The third kappa shape index (κ3) is 2.72. The SMILES string of the molecule is CCC[C@H]1OC(=O)C[C@@H]1NC(C)=O. The van der Waals surface area contributed by atoms with Gasteiger partial charge in [0.1, 0.15) is 6.10 Å². The normalized spacial score (nSPS) is 27.1. The van der Waals surface area contributed by atoms with Gasteiger partial charge in [-0.3, -0.25) is 9.59 Å². The Bertz CT molecular complexity index is 215. The Kier molecular flexibility index (Phi) is 3.28. The van der Waals surface area contributed by atoms with Gasteiger partial charge in [0.15, 0.2) is 0 Å². The van der Waals surface area contributed by atoms with E-state index in [1.807, 2.05) is 6.92 Å². The van der Waals surface area contributed by atoms with Gasteiger partial charge in [-0.2, -0.15) is 0 Å². The summed E-state index contributed by atoms with van der Waals surface area (Å²) in [4.78, 5) is 21.7. The number of hydrogen-bond acceptors (Lipinski definition) is 3. The van der Waals surface area contributed by atoms with Crippen molar-refractivity contribution in [3.63, 3.8) is 0 Å². The molecule has 74 valence electrons. The van der Waals surface area contributed by atoms with Crippen LogP contribution in [-0.2, 0) is 14.3 Å². The number of rotatable bonds is 3. The Labute approximate surface area is 77.6 Å². The maximum Gasteiger partial charge on any atom is 0.308 e. The minimum Gasteiger partial charge on any atom is -0.460 e. The van der Waals surface area contributed by atoms with E-state index in [9.17, 15) is 9.59 Å². The molecule has 1 aliphatic heterocycles. The predicted molar refractivity (Wildman–Crippen MR) is 47.0 cm³/mol. The summed E-state index contributed by atoms with van der Waals surface area (Å²) in [7, 11) is 0. The van der Waals surface area contributed by atoms with Crippen LogP contribution in [-0.4, -0.2) is 24.0 Å². The molecule has 4 heteroatoms. The standard InChI is InChI=1S/C9H15NO3/c1-3-4-8-7(10-6(2)11)5-9(12)13-8/h7-8H,3-5H2,1-2H3,(H,10,11)/t7-,8+/m0/s1. The number of carbonyl (C=O) groups excluding carboxylic acids is 2. The van der Waals surface area contributed by atoms with Gasteiger partial charge in [-0.05, 0) is 6.42 Å².